The number of amides is 1. The summed E-state index contributed by atoms with van der Waals surface area (Å²) in [5, 5.41) is 1.24. The Morgan fingerprint density at radius 1 is 1.06 bits per heavy atom. The van der Waals surface area contributed by atoms with Crippen molar-refractivity contribution in [3.05, 3.63) is 52.5 Å². The summed E-state index contributed by atoms with van der Waals surface area (Å²) in [6.07, 6.45) is 0. The van der Waals surface area contributed by atoms with Crippen LogP contribution in [0.5, 0.6) is 0 Å². The van der Waals surface area contributed by atoms with Crippen molar-refractivity contribution < 1.29 is 13.2 Å². The Labute approximate surface area is 210 Å². The summed E-state index contributed by atoms with van der Waals surface area (Å²) in [6, 6.07) is 9.87. The minimum absolute atomic E-state index is 0. The number of benzene rings is 2. The van der Waals surface area contributed by atoms with Crippen molar-refractivity contribution in [2.75, 3.05) is 36.8 Å². The molecule has 6 nitrogen and oxygen atoms in total. The average molecular weight is 531 g/mol. The maximum absolute atomic E-state index is 13.5. The predicted molar refractivity (Wildman–Crippen MR) is 140 cm³/mol. The van der Waals surface area contributed by atoms with Crippen molar-refractivity contribution in [1.82, 2.24) is 9.88 Å². The Kier molecular flexibility index (Phi) is 9.70. The second kappa shape index (κ2) is 11.6. The monoisotopic (exact) mass is 529 g/mol. The summed E-state index contributed by atoms with van der Waals surface area (Å²) in [7, 11) is -3.32. The number of thiazole rings is 1. The third-order valence-corrected chi connectivity index (χ3v) is 8.48. The third kappa shape index (κ3) is 6.25. The summed E-state index contributed by atoms with van der Waals surface area (Å²) in [5.41, 5.74) is 2.22. The number of hydrogen-bond donors (Lipinski definition) is 0. The molecule has 33 heavy (non-hydrogen) atoms. The topological polar surface area (TPSA) is 70.6 Å². The largest absolute Gasteiger partial charge is 0.302 e. The van der Waals surface area contributed by atoms with Gasteiger partial charge >= 0.3 is 0 Å². The number of halogens is 2. The molecular formula is C23H29Cl2N3O3S2. The van der Waals surface area contributed by atoms with Gasteiger partial charge in [0, 0.05) is 23.7 Å². The molecule has 0 atom stereocenters. The lowest BCUT2D eigenvalue weighted by molar-refractivity contribution is 0.0983. The number of likely N-dealkylation sites (N-methyl/N-ethyl adjacent to an activating group) is 1. The fourth-order valence-electron chi connectivity index (χ4n) is 3.45. The smallest absolute Gasteiger partial charge is 0.260 e. The average Bonchev–Trinajstić information content (AvgIpc) is 3.20. The molecule has 0 bridgehead atoms. The van der Waals surface area contributed by atoms with Gasteiger partial charge in [-0.15, -0.1) is 12.4 Å². The first kappa shape index (κ1) is 27.5. The van der Waals surface area contributed by atoms with Crippen molar-refractivity contribution in [3.63, 3.8) is 0 Å². The summed E-state index contributed by atoms with van der Waals surface area (Å²) < 4.78 is 25.2. The lowest BCUT2D eigenvalue weighted by atomic mass is 10.2. The lowest BCUT2D eigenvalue weighted by Crippen LogP contribution is -2.38. The van der Waals surface area contributed by atoms with E-state index in [1.807, 2.05) is 19.1 Å². The molecule has 3 aromatic rings. The Morgan fingerprint density at radius 2 is 1.70 bits per heavy atom. The number of hydrogen-bond acceptors (Lipinski definition) is 6. The number of carbonyl (C=O) groups excluding carboxylic acids is 1. The second-order valence-corrected chi connectivity index (χ2v) is 11.2. The van der Waals surface area contributed by atoms with E-state index in [2.05, 4.69) is 18.7 Å². The number of carbonyl (C=O) groups is 1. The van der Waals surface area contributed by atoms with Gasteiger partial charge in [-0.25, -0.2) is 13.4 Å². The number of rotatable bonds is 9. The van der Waals surface area contributed by atoms with E-state index < -0.39 is 9.84 Å². The highest BCUT2D eigenvalue weighted by Gasteiger charge is 2.23. The number of sulfone groups is 1. The van der Waals surface area contributed by atoms with Crippen LogP contribution in [0, 0.1) is 6.92 Å². The zero-order valence-electron chi connectivity index (χ0n) is 19.2. The number of anilines is 1. The number of fused-ring (bicyclic) bond motifs is 1. The molecule has 0 unspecified atom stereocenters. The summed E-state index contributed by atoms with van der Waals surface area (Å²) >= 11 is 7.65. The zero-order chi connectivity index (χ0) is 23.5. The van der Waals surface area contributed by atoms with Crippen LogP contribution in [0.2, 0.25) is 5.02 Å². The van der Waals surface area contributed by atoms with Gasteiger partial charge in [-0.2, -0.15) is 0 Å². The fraction of sp³-hybridized carbons (Fsp3) is 0.391. The molecule has 10 heteroatoms. The molecule has 0 aliphatic rings. The predicted octanol–water partition coefficient (Wildman–Crippen LogP) is 5.46. The van der Waals surface area contributed by atoms with E-state index in [0.29, 0.717) is 28.8 Å². The minimum Gasteiger partial charge on any atom is -0.302 e. The molecule has 1 amide bonds. The molecule has 0 aliphatic carbocycles. The minimum atomic E-state index is -3.32. The van der Waals surface area contributed by atoms with E-state index in [4.69, 9.17) is 16.6 Å². The van der Waals surface area contributed by atoms with E-state index in [-0.39, 0.29) is 29.0 Å². The normalized spacial score (nSPS) is 11.6. The molecule has 1 heterocycles. The first-order chi connectivity index (χ1) is 15.2. The van der Waals surface area contributed by atoms with Gasteiger partial charge in [0.1, 0.15) is 0 Å². The van der Waals surface area contributed by atoms with Crippen LogP contribution >= 0.6 is 35.3 Å². The zero-order valence-corrected chi connectivity index (χ0v) is 22.4. The highest BCUT2D eigenvalue weighted by Crippen LogP contribution is 2.33. The van der Waals surface area contributed by atoms with Crippen LogP contribution in [0.25, 0.3) is 10.2 Å². The van der Waals surface area contributed by atoms with Gasteiger partial charge < -0.3 is 4.90 Å². The van der Waals surface area contributed by atoms with E-state index >= 15 is 0 Å². The van der Waals surface area contributed by atoms with Crippen molar-refractivity contribution in [2.45, 2.75) is 32.6 Å². The Bertz CT molecular complexity index is 1210. The SMILES string of the molecule is CCN(CC)CCN(C(=O)c1ccc(S(=O)(=O)CC)cc1)c1nc2c(C)cc(Cl)cc2s1.Cl. The molecule has 0 fully saturated rings. The summed E-state index contributed by atoms with van der Waals surface area (Å²) in [4.78, 5) is 22.4. The van der Waals surface area contributed by atoms with Gasteiger partial charge in [0.25, 0.3) is 5.91 Å². The maximum atomic E-state index is 13.5. The Hall–Kier alpha value is -1.71. The van der Waals surface area contributed by atoms with Gasteiger partial charge in [-0.1, -0.05) is 43.7 Å². The van der Waals surface area contributed by atoms with Gasteiger partial charge in [0.15, 0.2) is 15.0 Å². The number of aryl methyl sites for hydroxylation is 1. The molecule has 2 aromatic carbocycles. The van der Waals surface area contributed by atoms with Crippen LogP contribution in [0.1, 0.15) is 36.7 Å². The molecule has 3 rings (SSSR count). The maximum Gasteiger partial charge on any atom is 0.260 e. The van der Waals surface area contributed by atoms with Crippen LogP contribution in [-0.4, -0.2) is 56.1 Å². The van der Waals surface area contributed by atoms with Crippen LogP contribution in [0.15, 0.2) is 41.3 Å². The lowest BCUT2D eigenvalue weighted by Gasteiger charge is -2.24. The van der Waals surface area contributed by atoms with Gasteiger partial charge in [-0.3, -0.25) is 9.69 Å². The van der Waals surface area contributed by atoms with E-state index in [0.717, 1.165) is 28.9 Å². The highest BCUT2D eigenvalue weighted by molar-refractivity contribution is 7.91. The van der Waals surface area contributed by atoms with Gasteiger partial charge in [-0.05, 0) is 62.0 Å². The van der Waals surface area contributed by atoms with E-state index in [1.165, 1.54) is 23.5 Å². The molecule has 0 aliphatic heterocycles. The molecule has 1 aromatic heterocycles. The molecule has 0 N–H and O–H groups in total. The quantitative estimate of drug-likeness (QED) is 0.367. The molecule has 0 radical (unpaired) electrons. The van der Waals surface area contributed by atoms with E-state index in [9.17, 15) is 13.2 Å². The molecule has 0 spiro atoms. The molecule has 180 valence electrons. The third-order valence-electron chi connectivity index (χ3n) is 5.49. The highest BCUT2D eigenvalue weighted by atomic mass is 35.5. The number of aromatic nitrogens is 1. The first-order valence-electron chi connectivity index (χ1n) is 10.6. The first-order valence-corrected chi connectivity index (χ1v) is 13.5. The second-order valence-electron chi connectivity index (χ2n) is 7.48. The standard InChI is InChI=1S/C23H28ClN3O3S2.ClH/c1-5-26(6-2)12-13-27(23-25-21-16(4)14-18(24)15-20(21)31-23)22(28)17-8-10-19(11-9-17)32(29,30)7-3;/h8-11,14-15H,5-7,12-13H2,1-4H3;1H. The van der Waals surface area contributed by atoms with Crippen LogP contribution in [-0.2, 0) is 9.84 Å². The van der Waals surface area contributed by atoms with Gasteiger partial charge in [0.05, 0.1) is 20.9 Å². The Morgan fingerprint density at radius 3 is 2.27 bits per heavy atom. The molecule has 0 saturated carbocycles. The van der Waals surface area contributed by atoms with Crippen molar-refractivity contribution in [3.8, 4) is 0 Å². The van der Waals surface area contributed by atoms with E-state index in [1.54, 1.807) is 24.0 Å². The van der Waals surface area contributed by atoms with Crippen LogP contribution < -0.4 is 4.90 Å². The van der Waals surface area contributed by atoms with Crippen LogP contribution in [0.3, 0.4) is 0 Å². The van der Waals surface area contributed by atoms with Crippen LogP contribution in [0.4, 0.5) is 5.13 Å². The Balaban J connectivity index is 0.00000385. The van der Waals surface area contributed by atoms with Gasteiger partial charge in [0.2, 0.25) is 0 Å². The molecule has 0 saturated heterocycles. The number of nitrogens with zero attached hydrogens (tertiary/aromatic N) is 3. The van der Waals surface area contributed by atoms with Crippen molar-refractivity contribution in [2.24, 2.45) is 0 Å². The van der Waals surface area contributed by atoms with Crippen molar-refractivity contribution in [1.29, 1.82) is 0 Å². The van der Waals surface area contributed by atoms with Crippen molar-refractivity contribution >= 4 is 66.4 Å². The molecular weight excluding hydrogens is 501 g/mol. The summed E-state index contributed by atoms with van der Waals surface area (Å²) in [5.74, 6) is -0.190. The summed E-state index contributed by atoms with van der Waals surface area (Å²) in [6.45, 7) is 10.7. The fourth-order valence-corrected chi connectivity index (χ4v) is 5.78.